The zero-order chi connectivity index (χ0) is 25.8. The molecular formula is C29H28N4O3. The largest absolute Gasteiger partial charge is 0.494 e. The third-order valence-electron chi connectivity index (χ3n) is 5.93. The Bertz CT molecular complexity index is 1410. The first-order chi connectivity index (χ1) is 17.3. The van der Waals surface area contributed by atoms with Gasteiger partial charge in [0, 0.05) is 28.9 Å². The molecular weight excluding hydrogens is 452 g/mol. The van der Waals surface area contributed by atoms with Crippen molar-refractivity contribution in [1.29, 1.82) is 5.26 Å². The summed E-state index contributed by atoms with van der Waals surface area (Å²) < 4.78 is 7.58. The minimum absolute atomic E-state index is 0.0264. The molecule has 36 heavy (non-hydrogen) atoms. The van der Waals surface area contributed by atoms with Crippen LogP contribution >= 0.6 is 0 Å². The Balaban J connectivity index is 1.91. The summed E-state index contributed by atoms with van der Waals surface area (Å²) in [7, 11) is 0. The van der Waals surface area contributed by atoms with Gasteiger partial charge in [-0.3, -0.25) is 14.5 Å². The summed E-state index contributed by atoms with van der Waals surface area (Å²) in [5, 5.41) is 14.5. The fourth-order valence-electron chi connectivity index (χ4n) is 4.11. The van der Waals surface area contributed by atoms with Gasteiger partial charge in [-0.1, -0.05) is 37.3 Å². The van der Waals surface area contributed by atoms with E-state index in [4.69, 9.17) is 9.84 Å². The normalized spacial score (nSPS) is 15.1. The molecule has 0 bridgehead atoms. The van der Waals surface area contributed by atoms with Gasteiger partial charge in [0.15, 0.2) is 0 Å². The van der Waals surface area contributed by atoms with Gasteiger partial charge in [0.2, 0.25) is 0 Å². The highest BCUT2D eigenvalue weighted by atomic mass is 16.5. The summed E-state index contributed by atoms with van der Waals surface area (Å²) in [5.74, 6) is -0.256. The Morgan fingerprint density at radius 2 is 1.83 bits per heavy atom. The Morgan fingerprint density at radius 3 is 2.50 bits per heavy atom. The Labute approximate surface area is 210 Å². The van der Waals surface area contributed by atoms with E-state index in [0.29, 0.717) is 29.0 Å². The predicted molar refractivity (Wildman–Crippen MR) is 138 cm³/mol. The lowest BCUT2D eigenvalue weighted by molar-refractivity contribution is -0.142. The van der Waals surface area contributed by atoms with E-state index in [1.54, 1.807) is 31.5 Å². The molecule has 0 unspecified atom stereocenters. The molecule has 0 spiro atoms. The van der Waals surface area contributed by atoms with Crippen molar-refractivity contribution >= 4 is 17.9 Å². The van der Waals surface area contributed by atoms with Crippen LogP contribution in [0.4, 0.5) is 0 Å². The lowest BCUT2D eigenvalue weighted by atomic mass is 9.92. The highest BCUT2D eigenvalue weighted by Gasteiger charge is 2.37. The molecule has 0 saturated heterocycles. The van der Waals surface area contributed by atoms with E-state index < -0.39 is 11.8 Å². The van der Waals surface area contributed by atoms with Crippen LogP contribution in [0.2, 0.25) is 0 Å². The van der Waals surface area contributed by atoms with Crippen molar-refractivity contribution in [1.82, 2.24) is 14.7 Å². The van der Waals surface area contributed by atoms with Gasteiger partial charge in [-0.25, -0.2) is 4.68 Å². The summed E-state index contributed by atoms with van der Waals surface area (Å²) in [6.45, 7) is 7.80. The van der Waals surface area contributed by atoms with Crippen molar-refractivity contribution in [3.8, 4) is 28.8 Å². The number of nitriles is 1. The van der Waals surface area contributed by atoms with Crippen molar-refractivity contribution in [2.24, 2.45) is 0 Å². The number of imide groups is 1. The van der Waals surface area contributed by atoms with Crippen LogP contribution < -0.4 is 4.74 Å². The van der Waals surface area contributed by atoms with Gasteiger partial charge in [-0.15, -0.1) is 0 Å². The predicted octanol–water partition coefficient (Wildman–Crippen LogP) is 5.33. The van der Waals surface area contributed by atoms with Crippen LogP contribution in [0.1, 0.15) is 39.7 Å². The van der Waals surface area contributed by atoms with Gasteiger partial charge >= 0.3 is 0 Å². The number of hydrogen-bond donors (Lipinski definition) is 0. The number of amides is 2. The molecule has 7 nitrogen and oxygen atoms in total. The third-order valence-corrected chi connectivity index (χ3v) is 5.93. The molecule has 0 N–H and O–H groups in total. The highest BCUT2D eigenvalue weighted by molar-refractivity contribution is 6.20. The Morgan fingerprint density at radius 1 is 1.08 bits per heavy atom. The first-order valence-electron chi connectivity index (χ1n) is 11.9. The molecule has 4 rings (SSSR count). The molecule has 0 aliphatic carbocycles. The summed E-state index contributed by atoms with van der Waals surface area (Å²) in [6.07, 6.45) is 4.46. The lowest BCUT2D eigenvalue weighted by Gasteiger charge is -2.30. The molecule has 1 aliphatic rings. The van der Waals surface area contributed by atoms with Gasteiger partial charge in [0.25, 0.3) is 11.8 Å². The molecule has 0 radical (unpaired) electrons. The molecule has 2 heterocycles. The van der Waals surface area contributed by atoms with E-state index in [1.807, 2.05) is 73.8 Å². The van der Waals surface area contributed by atoms with Crippen LogP contribution in [0.3, 0.4) is 0 Å². The standard InChI is InChI=1S/C29H28N4O3/c1-5-14-36-24-13-9-10-21(15-24)27-22(18-32(31-27)23-11-7-6-8-12-23)16-25-20(4)26(17-30)29(35)33(19(2)3)28(25)34/h6-13,15-16,18-19H,5,14H2,1-4H3/b25-16+. The second kappa shape index (κ2) is 10.4. The van der Waals surface area contributed by atoms with Gasteiger partial charge < -0.3 is 4.74 Å². The van der Waals surface area contributed by atoms with Crippen LogP contribution in [0.15, 0.2) is 77.5 Å². The number of ether oxygens (including phenoxy) is 1. The average molecular weight is 481 g/mol. The molecule has 2 aromatic carbocycles. The van der Waals surface area contributed by atoms with E-state index >= 15 is 0 Å². The van der Waals surface area contributed by atoms with Crippen LogP contribution in [-0.4, -0.2) is 39.1 Å². The quantitative estimate of drug-likeness (QED) is 0.337. The van der Waals surface area contributed by atoms with E-state index in [2.05, 4.69) is 0 Å². The molecule has 1 aliphatic heterocycles. The van der Waals surface area contributed by atoms with Gasteiger partial charge in [-0.2, -0.15) is 10.4 Å². The first kappa shape index (κ1) is 24.7. The number of benzene rings is 2. The SMILES string of the molecule is CCCOc1cccc(-c2nn(-c3ccccc3)cc2/C=C2/C(=O)N(C(C)C)C(=O)C(C#N)=C2C)c1. The van der Waals surface area contributed by atoms with Crippen molar-refractivity contribution in [3.63, 3.8) is 0 Å². The number of nitrogens with zero attached hydrogens (tertiary/aromatic N) is 4. The van der Waals surface area contributed by atoms with Crippen molar-refractivity contribution < 1.29 is 14.3 Å². The van der Waals surface area contributed by atoms with Crippen LogP contribution in [0.5, 0.6) is 5.75 Å². The lowest BCUT2D eigenvalue weighted by Crippen LogP contribution is -2.46. The number of carbonyl (C=O) groups is 2. The number of hydrogen-bond acceptors (Lipinski definition) is 5. The zero-order valence-corrected chi connectivity index (χ0v) is 20.9. The molecule has 1 aromatic heterocycles. The molecule has 182 valence electrons. The molecule has 0 saturated carbocycles. The van der Waals surface area contributed by atoms with Gasteiger partial charge in [0.05, 0.1) is 12.3 Å². The first-order valence-corrected chi connectivity index (χ1v) is 11.9. The van der Waals surface area contributed by atoms with Gasteiger partial charge in [0.1, 0.15) is 23.1 Å². The second-order valence-electron chi connectivity index (χ2n) is 8.83. The summed E-state index contributed by atoms with van der Waals surface area (Å²) >= 11 is 0. The molecule has 3 aromatic rings. The Hall–Kier alpha value is -4.44. The van der Waals surface area contributed by atoms with E-state index in [9.17, 15) is 14.9 Å². The van der Waals surface area contributed by atoms with E-state index in [1.165, 1.54) is 0 Å². The average Bonchev–Trinajstić information content (AvgIpc) is 3.30. The van der Waals surface area contributed by atoms with Crippen LogP contribution in [0, 0.1) is 11.3 Å². The maximum atomic E-state index is 13.4. The summed E-state index contributed by atoms with van der Waals surface area (Å²) in [6, 6.07) is 18.9. The number of aromatic nitrogens is 2. The van der Waals surface area contributed by atoms with Gasteiger partial charge in [-0.05, 0) is 63.1 Å². The number of carbonyl (C=O) groups excluding carboxylic acids is 2. The van der Waals surface area contributed by atoms with Crippen molar-refractivity contribution in [3.05, 3.63) is 83.1 Å². The van der Waals surface area contributed by atoms with Crippen LogP contribution in [-0.2, 0) is 9.59 Å². The maximum Gasteiger partial charge on any atom is 0.271 e. The summed E-state index contributed by atoms with van der Waals surface area (Å²) in [5.41, 5.74) is 3.66. The fourth-order valence-corrected chi connectivity index (χ4v) is 4.11. The number of rotatable bonds is 7. The van der Waals surface area contributed by atoms with E-state index in [-0.39, 0.29) is 11.6 Å². The smallest absolute Gasteiger partial charge is 0.271 e. The third kappa shape index (κ3) is 4.71. The minimum Gasteiger partial charge on any atom is -0.494 e. The van der Waals surface area contributed by atoms with Crippen LogP contribution in [0.25, 0.3) is 23.0 Å². The van der Waals surface area contributed by atoms with Crippen molar-refractivity contribution in [2.75, 3.05) is 6.61 Å². The fraction of sp³-hybridized carbons (Fsp3) is 0.241. The van der Waals surface area contributed by atoms with Crippen molar-refractivity contribution in [2.45, 2.75) is 40.2 Å². The highest BCUT2D eigenvalue weighted by Crippen LogP contribution is 2.32. The topological polar surface area (TPSA) is 88.2 Å². The molecule has 0 atom stereocenters. The molecule has 0 fully saturated rings. The van der Waals surface area contributed by atoms with E-state index in [0.717, 1.165) is 28.3 Å². The monoisotopic (exact) mass is 480 g/mol. The molecule has 2 amide bonds. The minimum atomic E-state index is -0.562. The summed E-state index contributed by atoms with van der Waals surface area (Å²) in [4.78, 5) is 27.3. The Kier molecular flexibility index (Phi) is 7.16. The zero-order valence-electron chi connectivity index (χ0n) is 20.9. The maximum absolute atomic E-state index is 13.4. The second-order valence-corrected chi connectivity index (χ2v) is 8.83. The molecule has 7 heteroatoms. The number of para-hydroxylation sites is 1.